The number of nitrogens with zero attached hydrogens (tertiary/aromatic N) is 1. The minimum absolute atomic E-state index is 0.175. The summed E-state index contributed by atoms with van der Waals surface area (Å²) in [5.41, 5.74) is -0.953. The van der Waals surface area contributed by atoms with Gasteiger partial charge in [0.25, 0.3) is 5.91 Å². The highest BCUT2D eigenvalue weighted by Gasteiger charge is 2.51. The lowest BCUT2D eigenvalue weighted by Gasteiger charge is -2.25. The summed E-state index contributed by atoms with van der Waals surface area (Å²) < 4.78 is 13.2. The number of benzene rings is 1. The third kappa shape index (κ3) is 3.81. The number of urea groups is 2. The fourth-order valence-corrected chi connectivity index (χ4v) is 2.75. The van der Waals surface area contributed by atoms with Crippen LogP contribution in [-0.2, 0) is 15.1 Å². The Balaban J connectivity index is 2.15. The van der Waals surface area contributed by atoms with Crippen molar-refractivity contribution < 1.29 is 23.6 Å². The molecule has 0 aromatic heterocycles. The van der Waals surface area contributed by atoms with E-state index in [-0.39, 0.29) is 12.5 Å². The van der Waals surface area contributed by atoms with Crippen molar-refractivity contribution in [3.63, 3.8) is 0 Å². The van der Waals surface area contributed by atoms with Gasteiger partial charge < -0.3 is 10.6 Å². The number of amides is 6. The van der Waals surface area contributed by atoms with Crippen LogP contribution in [0.25, 0.3) is 0 Å². The Morgan fingerprint density at radius 2 is 1.85 bits per heavy atom. The predicted octanol–water partition coefficient (Wildman–Crippen LogP) is 1.22. The van der Waals surface area contributed by atoms with Crippen molar-refractivity contribution in [1.29, 1.82) is 0 Å². The monoisotopic (exact) mass is 364 g/mol. The van der Waals surface area contributed by atoms with Gasteiger partial charge in [-0.3, -0.25) is 19.8 Å². The van der Waals surface area contributed by atoms with Crippen LogP contribution in [0.4, 0.5) is 14.0 Å². The average Bonchev–Trinajstić information content (AvgIpc) is 2.79. The van der Waals surface area contributed by atoms with Gasteiger partial charge in [-0.05, 0) is 38.0 Å². The average molecular weight is 364 g/mol. The second kappa shape index (κ2) is 7.51. The molecule has 9 heteroatoms. The van der Waals surface area contributed by atoms with Crippen molar-refractivity contribution in [2.45, 2.75) is 38.8 Å². The Morgan fingerprint density at radius 3 is 2.38 bits per heavy atom. The number of imide groups is 2. The van der Waals surface area contributed by atoms with Crippen LogP contribution in [0.15, 0.2) is 24.3 Å². The lowest BCUT2D eigenvalue weighted by molar-refractivity contribution is -0.135. The molecule has 1 heterocycles. The largest absolute Gasteiger partial charge is 0.336 e. The first-order valence-electron chi connectivity index (χ1n) is 8.20. The third-order valence-electron chi connectivity index (χ3n) is 4.02. The molecule has 1 fully saturated rings. The molecule has 1 aliphatic rings. The summed E-state index contributed by atoms with van der Waals surface area (Å²) >= 11 is 0. The molecule has 1 saturated heterocycles. The lowest BCUT2D eigenvalue weighted by Crippen LogP contribution is -2.48. The Hall–Kier alpha value is -2.97. The molecule has 1 atom stereocenters. The van der Waals surface area contributed by atoms with Crippen LogP contribution in [0.5, 0.6) is 0 Å². The van der Waals surface area contributed by atoms with Crippen LogP contribution in [-0.4, -0.2) is 41.4 Å². The van der Waals surface area contributed by atoms with Gasteiger partial charge in [-0.2, -0.15) is 0 Å². The van der Waals surface area contributed by atoms with Gasteiger partial charge >= 0.3 is 12.1 Å². The van der Waals surface area contributed by atoms with Crippen molar-refractivity contribution in [1.82, 2.24) is 20.9 Å². The quantitative estimate of drug-likeness (QED) is 0.683. The molecule has 2 rings (SSSR count). The van der Waals surface area contributed by atoms with Crippen molar-refractivity contribution in [3.8, 4) is 0 Å². The number of carbonyl (C=O) groups excluding carboxylic acids is 4. The van der Waals surface area contributed by atoms with Crippen LogP contribution in [0.1, 0.15) is 32.8 Å². The van der Waals surface area contributed by atoms with E-state index in [1.54, 1.807) is 20.8 Å². The third-order valence-corrected chi connectivity index (χ3v) is 4.02. The van der Waals surface area contributed by atoms with E-state index in [0.29, 0.717) is 5.56 Å². The molecule has 140 valence electrons. The van der Waals surface area contributed by atoms with Gasteiger partial charge in [0.05, 0.1) is 0 Å². The van der Waals surface area contributed by atoms with Crippen molar-refractivity contribution in [3.05, 3.63) is 35.6 Å². The maximum atomic E-state index is 13.2. The highest BCUT2D eigenvalue weighted by molar-refractivity contribution is 6.10. The number of carbonyl (C=O) groups is 4. The fraction of sp³-hybridized carbons (Fsp3) is 0.412. The fourth-order valence-electron chi connectivity index (χ4n) is 2.75. The molecule has 0 spiro atoms. The van der Waals surface area contributed by atoms with Gasteiger partial charge in [0.2, 0.25) is 5.91 Å². The zero-order chi connectivity index (χ0) is 19.5. The first-order valence-corrected chi connectivity index (χ1v) is 8.20. The Kier molecular flexibility index (Phi) is 5.59. The number of hydrogen-bond donors (Lipinski definition) is 3. The van der Waals surface area contributed by atoms with Crippen LogP contribution >= 0.6 is 0 Å². The highest BCUT2D eigenvalue weighted by atomic mass is 19.1. The maximum absolute atomic E-state index is 13.2. The van der Waals surface area contributed by atoms with Crippen LogP contribution < -0.4 is 16.0 Å². The van der Waals surface area contributed by atoms with Crippen LogP contribution in [0, 0.1) is 5.82 Å². The molecule has 1 aromatic rings. The molecule has 1 aromatic carbocycles. The van der Waals surface area contributed by atoms with Gasteiger partial charge in [-0.25, -0.2) is 14.0 Å². The van der Waals surface area contributed by atoms with Gasteiger partial charge in [0, 0.05) is 6.04 Å². The standard InChI is InChI=1S/C17H21FN4O4/c1-4-17(11-5-7-12(18)8-6-11)14(24)22(16(26)21-17)9-13(23)20-15(25)19-10(2)3/h5-8,10H,4,9H2,1-3H3,(H,21,26)(H2,19,20,23,25)/t17-/m0/s1. The van der Waals surface area contributed by atoms with Crippen molar-refractivity contribution in [2.24, 2.45) is 0 Å². The normalized spacial score (nSPS) is 19.5. The minimum atomic E-state index is -1.37. The molecule has 1 aliphatic heterocycles. The summed E-state index contributed by atoms with van der Waals surface area (Å²) in [4.78, 5) is 49.3. The van der Waals surface area contributed by atoms with E-state index in [0.717, 1.165) is 4.90 Å². The zero-order valence-electron chi connectivity index (χ0n) is 14.8. The molecular formula is C17H21FN4O4. The second-order valence-electron chi connectivity index (χ2n) is 6.26. The number of halogens is 1. The van der Waals surface area contributed by atoms with Gasteiger partial charge in [-0.1, -0.05) is 19.1 Å². The van der Waals surface area contributed by atoms with E-state index in [9.17, 15) is 23.6 Å². The van der Waals surface area contributed by atoms with E-state index < -0.39 is 41.8 Å². The van der Waals surface area contributed by atoms with Crippen LogP contribution in [0.2, 0.25) is 0 Å². The Bertz CT molecular complexity index is 735. The Morgan fingerprint density at radius 1 is 1.23 bits per heavy atom. The van der Waals surface area contributed by atoms with E-state index in [1.807, 2.05) is 0 Å². The second-order valence-corrected chi connectivity index (χ2v) is 6.26. The molecule has 26 heavy (non-hydrogen) atoms. The summed E-state index contributed by atoms with van der Waals surface area (Å²) in [6, 6.07) is 3.58. The lowest BCUT2D eigenvalue weighted by atomic mass is 9.87. The van der Waals surface area contributed by atoms with Crippen molar-refractivity contribution >= 4 is 23.9 Å². The number of nitrogens with one attached hydrogen (secondary N) is 3. The van der Waals surface area contributed by atoms with Gasteiger partial charge in [0.15, 0.2) is 0 Å². The first-order chi connectivity index (χ1) is 12.2. The van der Waals surface area contributed by atoms with E-state index in [2.05, 4.69) is 16.0 Å². The molecule has 0 bridgehead atoms. The molecule has 0 aliphatic carbocycles. The predicted molar refractivity (Wildman–Crippen MR) is 90.4 cm³/mol. The van der Waals surface area contributed by atoms with Crippen LogP contribution in [0.3, 0.4) is 0 Å². The summed E-state index contributed by atoms with van der Waals surface area (Å²) in [7, 11) is 0. The molecule has 0 saturated carbocycles. The van der Waals surface area contributed by atoms with E-state index >= 15 is 0 Å². The van der Waals surface area contributed by atoms with E-state index in [1.165, 1.54) is 24.3 Å². The topological polar surface area (TPSA) is 108 Å². The SMILES string of the molecule is CC[C@@]1(c2ccc(F)cc2)NC(=O)N(CC(=O)NC(=O)NC(C)C)C1=O. The van der Waals surface area contributed by atoms with Gasteiger partial charge in [-0.15, -0.1) is 0 Å². The summed E-state index contributed by atoms with van der Waals surface area (Å²) in [6.45, 7) is 4.54. The molecule has 6 amide bonds. The van der Waals surface area contributed by atoms with Crippen molar-refractivity contribution in [2.75, 3.05) is 6.54 Å². The number of hydrogen-bond acceptors (Lipinski definition) is 4. The molecule has 0 unspecified atom stereocenters. The zero-order valence-corrected chi connectivity index (χ0v) is 14.8. The summed E-state index contributed by atoms with van der Waals surface area (Å²) in [5.74, 6) is -1.89. The molecule has 0 radical (unpaired) electrons. The van der Waals surface area contributed by atoms with E-state index in [4.69, 9.17) is 0 Å². The Labute approximate surface area is 150 Å². The smallest absolute Gasteiger partial charge is 0.325 e. The summed E-state index contributed by atoms with van der Waals surface area (Å²) in [6.07, 6.45) is 0.217. The summed E-state index contributed by atoms with van der Waals surface area (Å²) in [5, 5.41) is 7.11. The number of rotatable bonds is 5. The maximum Gasteiger partial charge on any atom is 0.325 e. The molecular weight excluding hydrogens is 343 g/mol. The molecule has 3 N–H and O–H groups in total. The highest BCUT2D eigenvalue weighted by Crippen LogP contribution is 2.32. The minimum Gasteiger partial charge on any atom is -0.336 e. The van der Waals surface area contributed by atoms with Gasteiger partial charge in [0.1, 0.15) is 17.9 Å². The molecule has 8 nitrogen and oxygen atoms in total. The first kappa shape index (κ1) is 19.4.